The van der Waals surface area contributed by atoms with Crippen molar-refractivity contribution in [1.82, 2.24) is 16.0 Å². The zero-order valence-corrected chi connectivity index (χ0v) is 17.7. The third-order valence-electron chi connectivity index (χ3n) is 4.38. The van der Waals surface area contributed by atoms with Gasteiger partial charge in [-0.05, 0) is 46.1 Å². The first-order valence-electron chi connectivity index (χ1n) is 9.90. The van der Waals surface area contributed by atoms with E-state index in [4.69, 9.17) is 21.7 Å². The average Bonchev–Trinajstić information content (AvgIpc) is 2.68. The van der Waals surface area contributed by atoms with Crippen LogP contribution in [0, 0.1) is 0 Å². The molecule has 0 heterocycles. The molecule has 0 fully saturated rings. The molecule has 178 valence electrons. The fraction of sp³-hybridized carbons (Fsp3) is 0.722. The van der Waals surface area contributed by atoms with Crippen LogP contribution in [0.25, 0.3) is 0 Å². The van der Waals surface area contributed by atoms with Gasteiger partial charge in [-0.1, -0.05) is 0 Å². The van der Waals surface area contributed by atoms with Gasteiger partial charge in [0.25, 0.3) is 0 Å². The topological polar surface area (TPSA) is 234 Å². The second kappa shape index (κ2) is 14.3. The molecule has 0 aromatic heterocycles. The highest BCUT2D eigenvalue weighted by molar-refractivity contribution is 5.94. The zero-order valence-electron chi connectivity index (χ0n) is 17.7. The van der Waals surface area contributed by atoms with Crippen molar-refractivity contribution < 1.29 is 39.3 Å². The van der Waals surface area contributed by atoms with Gasteiger partial charge in [-0.25, -0.2) is 0 Å². The first-order chi connectivity index (χ1) is 14.4. The Hall–Kier alpha value is -2.77. The van der Waals surface area contributed by atoms with Crippen LogP contribution in [0.2, 0.25) is 0 Å². The molecule has 0 aliphatic heterocycles. The van der Waals surface area contributed by atoms with Crippen LogP contribution < -0.4 is 27.4 Å². The molecule has 0 saturated carbocycles. The van der Waals surface area contributed by atoms with Gasteiger partial charge in [0.1, 0.15) is 18.1 Å². The maximum absolute atomic E-state index is 12.6. The highest BCUT2D eigenvalue weighted by Crippen LogP contribution is 2.05. The smallest absolute Gasteiger partial charge is 0.325 e. The van der Waals surface area contributed by atoms with E-state index in [2.05, 4.69) is 16.0 Å². The first-order valence-corrected chi connectivity index (χ1v) is 9.90. The number of rotatable bonds is 15. The fourth-order valence-corrected chi connectivity index (χ4v) is 2.47. The number of unbranched alkanes of at least 4 members (excludes halogenated alkanes) is 1. The monoisotopic (exact) mass is 447 g/mol. The zero-order chi connectivity index (χ0) is 24.1. The number of aliphatic hydroxyl groups excluding tert-OH is 1. The molecule has 0 saturated heterocycles. The van der Waals surface area contributed by atoms with Gasteiger partial charge in [-0.15, -0.1) is 0 Å². The number of hydrogen-bond donors (Lipinski definition) is 8. The molecule has 13 nitrogen and oxygen atoms in total. The van der Waals surface area contributed by atoms with Gasteiger partial charge in [0, 0.05) is 6.42 Å². The minimum atomic E-state index is -1.47. The largest absolute Gasteiger partial charge is 0.481 e. The molecule has 0 aliphatic carbocycles. The van der Waals surface area contributed by atoms with E-state index in [0.29, 0.717) is 19.4 Å². The molecule has 5 unspecified atom stereocenters. The minimum Gasteiger partial charge on any atom is -0.481 e. The standard InChI is InChI=1S/C18H33N5O8/c1-9(18(30)31)21-16(28)12(5-3-4-8-19)22-17(29)14(10(2)24)23-15(27)11(20)6-7-13(25)26/h9-12,14,24H,3-8,19-20H2,1-2H3,(H,21,28)(H,22,29)(H,23,27)(H,25,26)(H,30,31). The number of nitrogens with two attached hydrogens (primary N) is 2. The highest BCUT2D eigenvalue weighted by atomic mass is 16.4. The molecule has 31 heavy (non-hydrogen) atoms. The molecule has 0 radical (unpaired) electrons. The summed E-state index contributed by atoms with van der Waals surface area (Å²) in [5, 5.41) is 34.4. The van der Waals surface area contributed by atoms with Crippen LogP contribution >= 0.6 is 0 Å². The number of carbonyl (C=O) groups excluding carboxylic acids is 3. The summed E-state index contributed by atoms with van der Waals surface area (Å²) in [5.74, 6) is -4.87. The Bertz CT molecular complexity index is 642. The summed E-state index contributed by atoms with van der Waals surface area (Å²) >= 11 is 0. The molecule has 0 aromatic rings. The van der Waals surface area contributed by atoms with E-state index in [1.165, 1.54) is 13.8 Å². The van der Waals surface area contributed by atoms with Crippen molar-refractivity contribution >= 4 is 29.7 Å². The van der Waals surface area contributed by atoms with Gasteiger partial charge in [0.05, 0.1) is 12.1 Å². The van der Waals surface area contributed by atoms with Crippen molar-refractivity contribution in [3.05, 3.63) is 0 Å². The third-order valence-corrected chi connectivity index (χ3v) is 4.38. The average molecular weight is 447 g/mol. The van der Waals surface area contributed by atoms with E-state index in [1.54, 1.807) is 0 Å². The Morgan fingerprint density at radius 3 is 1.97 bits per heavy atom. The lowest BCUT2D eigenvalue weighted by Crippen LogP contribution is -2.59. The lowest BCUT2D eigenvalue weighted by Gasteiger charge is -2.26. The minimum absolute atomic E-state index is 0.152. The van der Waals surface area contributed by atoms with Gasteiger partial charge in [-0.3, -0.25) is 24.0 Å². The van der Waals surface area contributed by atoms with E-state index in [1.807, 2.05) is 0 Å². The number of carbonyl (C=O) groups is 5. The van der Waals surface area contributed by atoms with E-state index < -0.39 is 59.9 Å². The molecule has 0 bridgehead atoms. The lowest BCUT2D eigenvalue weighted by atomic mass is 10.1. The summed E-state index contributed by atoms with van der Waals surface area (Å²) in [6.45, 7) is 2.86. The third kappa shape index (κ3) is 11.3. The van der Waals surface area contributed by atoms with Crippen molar-refractivity contribution in [3.8, 4) is 0 Å². The highest BCUT2D eigenvalue weighted by Gasteiger charge is 2.31. The van der Waals surface area contributed by atoms with Gasteiger partial charge in [-0.2, -0.15) is 0 Å². The Kier molecular flexibility index (Phi) is 13.0. The number of carboxylic acids is 2. The number of aliphatic carboxylic acids is 2. The van der Waals surface area contributed by atoms with Crippen LogP contribution in [-0.4, -0.2) is 81.8 Å². The SMILES string of the molecule is CC(NC(=O)C(CCCCN)NC(=O)C(NC(=O)C(N)CCC(=O)O)C(C)O)C(=O)O. The Morgan fingerprint density at radius 2 is 1.48 bits per heavy atom. The van der Waals surface area contributed by atoms with Crippen LogP contribution in [-0.2, 0) is 24.0 Å². The van der Waals surface area contributed by atoms with E-state index in [9.17, 15) is 29.1 Å². The lowest BCUT2D eigenvalue weighted by molar-refractivity contribution is -0.142. The van der Waals surface area contributed by atoms with Crippen molar-refractivity contribution in [2.45, 2.75) is 76.2 Å². The van der Waals surface area contributed by atoms with Gasteiger partial charge < -0.3 is 42.7 Å². The van der Waals surface area contributed by atoms with E-state index in [0.717, 1.165) is 0 Å². The molecular formula is C18H33N5O8. The molecule has 0 aliphatic rings. The van der Waals surface area contributed by atoms with Crippen LogP contribution in [0.1, 0.15) is 46.0 Å². The Balaban J connectivity index is 5.23. The summed E-state index contributed by atoms with van der Waals surface area (Å²) in [4.78, 5) is 58.8. The number of nitrogens with one attached hydrogen (secondary N) is 3. The molecule has 3 amide bonds. The van der Waals surface area contributed by atoms with Crippen molar-refractivity contribution in [1.29, 1.82) is 0 Å². The number of hydrogen-bond acceptors (Lipinski definition) is 8. The second-order valence-corrected chi connectivity index (χ2v) is 7.18. The van der Waals surface area contributed by atoms with Crippen molar-refractivity contribution in [3.63, 3.8) is 0 Å². The molecule has 0 aromatic carbocycles. The van der Waals surface area contributed by atoms with E-state index in [-0.39, 0.29) is 19.3 Å². The molecule has 13 heteroatoms. The predicted octanol–water partition coefficient (Wildman–Crippen LogP) is -2.75. The molecule has 0 spiro atoms. The summed E-state index contributed by atoms with van der Waals surface area (Å²) < 4.78 is 0. The van der Waals surface area contributed by atoms with Crippen molar-refractivity contribution in [2.24, 2.45) is 11.5 Å². The van der Waals surface area contributed by atoms with Crippen LogP contribution in [0.5, 0.6) is 0 Å². The number of amides is 3. The molecular weight excluding hydrogens is 414 g/mol. The predicted molar refractivity (Wildman–Crippen MR) is 109 cm³/mol. The summed E-state index contributed by atoms with van der Waals surface area (Å²) in [6, 6.07) is -5.00. The fourth-order valence-electron chi connectivity index (χ4n) is 2.47. The molecule has 5 atom stereocenters. The molecule has 10 N–H and O–H groups in total. The van der Waals surface area contributed by atoms with Crippen LogP contribution in [0.15, 0.2) is 0 Å². The van der Waals surface area contributed by atoms with Gasteiger partial charge in [0.2, 0.25) is 17.7 Å². The maximum Gasteiger partial charge on any atom is 0.325 e. The Labute approximate surface area is 179 Å². The van der Waals surface area contributed by atoms with Crippen LogP contribution in [0.3, 0.4) is 0 Å². The Morgan fingerprint density at radius 1 is 0.871 bits per heavy atom. The maximum atomic E-state index is 12.6. The van der Waals surface area contributed by atoms with Gasteiger partial charge >= 0.3 is 11.9 Å². The van der Waals surface area contributed by atoms with Crippen molar-refractivity contribution in [2.75, 3.05) is 6.54 Å². The number of aliphatic hydroxyl groups is 1. The number of carboxylic acid groups (broad SMARTS) is 2. The normalized spacial score (nSPS) is 15.6. The van der Waals surface area contributed by atoms with Crippen LogP contribution in [0.4, 0.5) is 0 Å². The second-order valence-electron chi connectivity index (χ2n) is 7.18. The quantitative estimate of drug-likeness (QED) is 0.120. The summed E-state index contributed by atoms with van der Waals surface area (Å²) in [5.41, 5.74) is 11.0. The van der Waals surface area contributed by atoms with Gasteiger partial charge in [0.15, 0.2) is 0 Å². The summed E-state index contributed by atoms with van der Waals surface area (Å²) in [7, 11) is 0. The summed E-state index contributed by atoms with van der Waals surface area (Å²) in [6.07, 6.45) is -0.718. The van der Waals surface area contributed by atoms with E-state index >= 15 is 0 Å². The molecule has 0 rings (SSSR count). The first kappa shape index (κ1) is 28.2.